The van der Waals surface area contributed by atoms with Crippen LogP contribution in [-0.2, 0) is 28.5 Å². The van der Waals surface area contributed by atoms with Crippen LogP contribution in [0.25, 0.3) is 0 Å². The molecule has 0 aromatic carbocycles. The lowest BCUT2D eigenvalue weighted by atomic mass is 9.67. The Hall–Kier alpha value is -1.02. The number of rotatable bonds is 13. The lowest BCUT2D eigenvalue weighted by Gasteiger charge is -2.35. The van der Waals surface area contributed by atoms with Crippen molar-refractivity contribution in [3.63, 3.8) is 0 Å². The molecular formula is C18H26O7. The summed E-state index contributed by atoms with van der Waals surface area (Å²) in [7, 11) is 0. The minimum atomic E-state index is -0.863. The van der Waals surface area contributed by atoms with Crippen LogP contribution < -0.4 is 0 Å². The molecule has 7 heteroatoms. The molecule has 0 amide bonds. The fourth-order valence-electron chi connectivity index (χ4n) is 3.99. The van der Waals surface area contributed by atoms with Crippen molar-refractivity contribution in [2.24, 2.45) is 11.3 Å². The number of hydrogen-bond donors (Lipinski definition) is 1. The monoisotopic (exact) mass is 354 g/mol. The molecule has 4 aliphatic heterocycles. The van der Waals surface area contributed by atoms with Crippen LogP contribution in [-0.4, -0.2) is 67.7 Å². The van der Waals surface area contributed by atoms with Gasteiger partial charge >= 0.3 is 5.97 Å². The molecule has 0 bridgehead atoms. The average Bonchev–Trinajstić information content (AvgIpc) is 3.43. The third-order valence-corrected chi connectivity index (χ3v) is 5.65. The van der Waals surface area contributed by atoms with E-state index < -0.39 is 11.4 Å². The number of hydrogen-bond acceptors (Lipinski definition) is 6. The highest BCUT2D eigenvalue weighted by Crippen LogP contribution is 2.46. The third-order valence-electron chi connectivity index (χ3n) is 5.65. The van der Waals surface area contributed by atoms with Gasteiger partial charge in [0.2, 0.25) is 0 Å². The zero-order valence-corrected chi connectivity index (χ0v) is 14.4. The Morgan fingerprint density at radius 1 is 0.880 bits per heavy atom. The van der Waals surface area contributed by atoms with Crippen molar-refractivity contribution in [3.8, 4) is 0 Å². The van der Waals surface area contributed by atoms with Crippen LogP contribution in [0.5, 0.6) is 0 Å². The molecule has 1 N–H and O–H groups in total. The number of carbonyl (C=O) groups is 2. The highest BCUT2D eigenvalue weighted by molar-refractivity contribution is 5.88. The Bertz CT molecular complexity index is 490. The van der Waals surface area contributed by atoms with Crippen molar-refractivity contribution >= 4 is 11.8 Å². The second-order valence-corrected chi connectivity index (χ2v) is 7.94. The molecule has 7 nitrogen and oxygen atoms in total. The van der Waals surface area contributed by atoms with Crippen molar-refractivity contribution in [2.75, 3.05) is 26.4 Å². The van der Waals surface area contributed by atoms with E-state index in [1.54, 1.807) is 0 Å². The minimum Gasteiger partial charge on any atom is -0.481 e. The van der Waals surface area contributed by atoms with Gasteiger partial charge in [0.15, 0.2) is 0 Å². The summed E-state index contributed by atoms with van der Waals surface area (Å²) in [5.74, 6) is -0.824. The maximum absolute atomic E-state index is 13.6. The van der Waals surface area contributed by atoms with E-state index in [0.717, 1.165) is 13.2 Å². The minimum absolute atomic E-state index is 0.00223. The van der Waals surface area contributed by atoms with Crippen LogP contribution in [0.3, 0.4) is 0 Å². The summed E-state index contributed by atoms with van der Waals surface area (Å²) in [5, 5.41) is 9.19. The second-order valence-electron chi connectivity index (χ2n) is 7.94. The fraction of sp³-hybridized carbons (Fsp3) is 0.889. The number of carbonyl (C=O) groups excluding carboxylic acids is 1. The van der Waals surface area contributed by atoms with Crippen molar-refractivity contribution in [3.05, 3.63) is 0 Å². The first-order valence-corrected chi connectivity index (χ1v) is 9.26. The number of ether oxygens (including phenoxy) is 4. The average molecular weight is 354 g/mol. The van der Waals surface area contributed by atoms with Crippen molar-refractivity contribution in [1.29, 1.82) is 0 Å². The van der Waals surface area contributed by atoms with E-state index in [4.69, 9.17) is 18.9 Å². The largest absolute Gasteiger partial charge is 0.481 e. The SMILES string of the molecule is O=C(O)CCC(CC1CO1)(CC1CO1)C(=O)C(CC1CO1)CC1CO1. The molecule has 4 atom stereocenters. The molecule has 4 heterocycles. The number of carboxylic acid groups (broad SMARTS) is 1. The third kappa shape index (κ3) is 5.00. The standard InChI is InChI=1S/C18H26O7/c19-16(20)1-2-18(5-14-9-24-14,6-15-10-25-15)17(21)11(3-12-7-22-12)4-13-8-23-13/h11-15H,1-10H2,(H,19,20). The number of aliphatic carboxylic acids is 1. The van der Waals surface area contributed by atoms with Gasteiger partial charge in [0, 0.05) is 17.8 Å². The van der Waals surface area contributed by atoms with Gasteiger partial charge in [-0.15, -0.1) is 0 Å². The summed E-state index contributed by atoms with van der Waals surface area (Å²) in [4.78, 5) is 24.8. The number of ketones is 1. The predicted octanol–water partition coefficient (Wildman–Crippen LogP) is 1.18. The molecule has 4 fully saturated rings. The van der Waals surface area contributed by atoms with E-state index in [0.29, 0.717) is 45.3 Å². The van der Waals surface area contributed by atoms with Crippen molar-refractivity contribution < 1.29 is 33.6 Å². The van der Waals surface area contributed by atoms with Crippen LogP contribution in [0.2, 0.25) is 0 Å². The van der Waals surface area contributed by atoms with Gasteiger partial charge < -0.3 is 24.1 Å². The zero-order valence-electron chi connectivity index (χ0n) is 14.4. The van der Waals surface area contributed by atoms with Crippen molar-refractivity contribution in [1.82, 2.24) is 0 Å². The van der Waals surface area contributed by atoms with Crippen LogP contribution >= 0.6 is 0 Å². The van der Waals surface area contributed by atoms with Crippen molar-refractivity contribution in [2.45, 2.75) is 62.9 Å². The number of Topliss-reactive ketones (excluding diaryl/α,β-unsaturated/α-hetero) is 1. The highest BCUT2D eigenvalue weighted by Gasteiger charge is 2.50. The summed E-state index contributed by atoms with van der Waals surface area (Å²) < 4.78 is 21.5. The quantitative estimate of drug-likeness (QED) is 0.495. The molecule has 0 saturated carbocycles. The summed E-state index contributed by atoms with van der Waals surface area (Å²) >= 11 is 0. The van der Waals surface area contributed by atoms with Gasteiger partial charge in [-0.3, -0.25) is 9.59 Å². The van der Waals surface area contributed by atoms with Gasteiger partial charge in [-0.25, -0.2) is 0 Å². The fourth-order valence-corrected chi connectivity index (χ4v) is 3.99. The second kappa shape index (κ2) is 6.95. The maximum atomic E-state index is 13.6. The Kier molecular flexibility index (Phi) is 4.83. The molecular weight excluding hydrogens is 328 g/mol. The Morgan fingerprint density at radius 2 is 1.32 bits per heavy atom. The Labute approximate surface area is 146 Å². The van der Waals surface area contributed by atoms with Gasteiger partial charge in [-0.05, 0) is 32.1 Å². The van der Waals surface area contributed by atoms with Gasteiger partial charge in [-0.2, -0.15) is 0 Å². The number of carboxylic acids is 1. The van der Waals surface area contributed by atoms with E-state index in [1.807, 2.05) is 0 Å². The molecule has 0 aromatic heterocycles. The maximum Gasteiger partial charge on any atom is 0.303 e. The van der Waals surface area contributed by atoms with E-state index in [1.165, 1.54) is 0 Å². The summed E-state index contributed by atoms with van der Waals surface area (Å²) in [6.07, 6.45) is 3.47. The summed E-state index contributed by atoms with van der Waals surface area (Å²) in [6, 6.07) is 0. The molecule has 0 aromatic rings. The predicted molar refractivity (Wildman–Crippen MR) is 85.2 cm³/mol. The van der Waals surface area contributed by atoms with Gasteiger partial charge in [0.05, 0.1) is 50.8 Å². The van der Waals surface area contributed by atoms with Gasteiger partial charge in [0.1, 0.15) is 5.78 Å². The molecule has 0 spiro atoms. The normalized spacial score (nSPS) is 35.5. The van der Waals surface area contributed by atoms with E-state index in [2.05, 4.69) is 0 Å². The first-order valence-electron chi connectivity index (χ1n) is 9.26. The lowest BCUT2D eigenvalue weighted by molar-refractivity contribution is -0.140. The van der Waals surface area contributed by atoms with Crippen LogP contribution in [0, 0.1) is 11.3 Å². The smallest absolute Gasteiger partial charge is 0.303 e. The topological polar surface area (TPSA) is 104 Å². The van der Waals surface area contributed by atoms with E-state index in [9.17, 15) is 14.7 Å². The molecule has 0 radical (unpaired) electrons. The van der Waals surface area contributed by atoms with Gasteiger partial charge in [0.25, 0.3) is 0 Å². The molecule has 4 saturated heterocycles. The van der Waals surface area contributed by atoms with Crippen LogP contribution in [0.4, 0.5) is 0 Å². The first-order chi connectivity index (χ1) is 12.0. The lowest BCUT2D eigenvalue weighted by Crippen LogP contribution is -2.40. The molecule has 4 rings (SSSR count). The molecule has 4 unspecified atom stereocenters. The number of epoxide rings is 4. The highest BCUT2D eigenvalue weighted by atomic mass is 16.6. The van der Waals surface area contributed by atoms with Crippen LogP contribution in [0.1, 0.15) is 38.5 Å². The summed E-state index contributed by atoms with van der Waals surface area (Å²) in [6.45, 7) is 2.76. The van der Waals surface area contributed by atoms with Crippen LogP contribution in [0.15, 0.2) is 0 Å². The van der Waals surface area contributed by atoms with Gasteiger partial charge in [-0.1, -0.05) is 0 Å². The van der Waals surface area contributed by atoms with E-state index >= 15 is 0 Å². The zero-order chi connectivity index (χ0) is 17.4. The molecule has 25 heavy (non-hydrogen) atoms. The molecule has 4 aliphatic rings. The first kappa shape index (κ1) is 17.4. The Morgan fingerprint density at radius 3 is 1.68 bits per heavy atom. The van der Waals surface area contributed by atoms with E-state index in [-0.39, 0.29) is 42.5 Å². The molecule has 0 aliphatic carbocycles. The Balaban J connectivity index is 1.52. The summed E-state index contributed by atoms with van der Waals surface area (Å²) in [5.41, 5.74) is -0.671. The molecule has 140 valence electrons.